The number of aromatic amines is 2. The Kier molecular flexibility index (Phi) is 4.46. The van der Waals surface area contributed by atoms with Crippen LogP contribution in [0, 0.1) is 12.7 Å². The first-order chi connectivity index (χ1) is 15.7. The van der Waals surface area contributed by atoms with E-state index in [9.17, 15) is 4.39 Å². The number of pyridine rings is 2. The average molecular weight is 427 g/mol. The lowest BCUT2D eigenvalue weighted by atomic mass is 9.93. The molecule has 1 aromatic carbocycles. The molecular formula is C24H22FN7. The SMILES string of the molecule is Cc1cc(F)cc(-c2ccnc3nc(-c4n[nH]c5cnc(C6CCNCC6)cc45)[nH]c23)c1. The number of fused-ring (bicyclic) bond motifs is 2. The van der Waals surface area contributed by atoms with E-state index < -0.39 is 0 Å². The van der Waals surface area contributed by atoms with E-state index in [-0.39, 0.29) is 5.82 Å². The molecule has 0 radical (unpaired) electrons. The Balaban J connectivity index is 1.47. The summed E-state index contributed by atoms with van der Waals surface area (Å²) in [6.07, 6.45) is 5.71. The van der Waals surface area contributed by atoms with E-state index in [1.54, 1.807) is 6.20 Å². The van der Waals surface area contributed by atoms with Gasteiger partial charge in [-0.05, 0) is 68.2 Å². The van der Waals surface area contributed by atoms with E-state index in [0.29, 0.717) is 17.4 Å². The van der Waals surface area contributed by atoms with Crippen molar-refractivity contribution in [3.8, 4) is 22.6 Å². The molecule has 5 heterocycles. The maximum atomic E-state index is 14.0. The molecule has 0 spiro atoms. The molecule has 8 heteroatoms. The summed E-state index contributed by atoms with van der Waals surface area (Å²) in [7, 11) is 0. The highest BCUT2D eigenvalue weighted by Gasteiger charge is 2.20. The number of piperidine rings is 1. The molecule has 0 unspecified atom stereocenters. The van der Waals surface area contributed by atoms with Gasteiger partial charge in [-0.3, -0.25) is 10.1 Å². The Morgan fingerprint density at radius 3 is 2.78 bits per heavy atom. The molecule has 160 valence electrons. The van der Waals surface area contributed by atoms with Crippen molar-refractivity contribution in [2.75, 3.05) is 13.1 Å². The van der Waals surface area contributed by atoms with Gasteiger partial charge in [0.2, 0.25) is 0 Å². The minimum Gasteiger partial charge on any atom is -0.335 e. The highest BCUT2D eigenvalue weighted by molar-refractivity contribution is 5.95. The van der Waals surface area contributed by atoms with Crippen LogP contribution in [0.25, 0.3) is 44.7 Å². The summed E-state index contributed by atoms with van der Waals surface area (Å²) in [5.74, 6) is 0.811. The molecule has 3 N–H and O–H groups in total. The number of nitrogens with one attached hydrogen (secondary N) is 3. The first-order valence-electron chi connectivity index (χ1n) is 10.8. The fourth-order valence-electron chi connectivity index (χ4n) is 4.61. The van der Waals surface area contributed by atoms with Crippen LogP contribution >= 0.6 is 0 Å². The molecule has 4 aromatic heterocycles. The van der Waals surface area contributed by atoms with Crippen LogP contribution in [0.3, 0.4) is 0 Å². The number of aryl methyl sites for hydroxylation is 1. The lowest BCUT2D eigenvalue weighted by Gasteiger charge is -2.21. The molecule has 0 atom stereocenters. The number of rotatable bonds is 3. The van der Waals surface area contributed by atoms with Gasteiger partial charge in [0.25, 0.3) is 0 Å². The quantitative estimate of drug-likeness (QED) is 0.395. The minimum absolute atomic E-state index is 0.263. The highest BCUT2D eigenvalue weighted by Crippen LogP contribution is 2.33. The molecule has 7 nitrogen and oxygen atoms in total. The number of nitrogens with zero attached hydrogens (tertiary/aromatic N) is 4. The van der Waals surface area contributed by atoms with E-state index in [0.717, 1.165) is 70.4 Å². The van der Waals surface area contributed by atoms with E-state index in [1.165, 1.54) is 12.1 Å². The molecule has 1 saturated heterocycles. The lowest BCUT2D eigenvalue weighted by molar-refractivity contribution is 0.453. The first kappa shape index (κ1) is 19.1. The molecule has 1 fully saturated rings. The van der Waals surface area contributed by atoms with Gasteiger partial charge in [-0.1, -0.05) is 6.07 Å². The van der Waals surface area contributed by atoms with Gasteiger partial charge in [-0.2, -0.15) is 5.10 Å². The number of hydrogen-bond donors (Lipinski definition) is 3. The van der Waals surface area contributed by atoms with Crippen molar-refractivity contribution < 1.29 is 4.39 Å². The van der Waals surface area contributed by atoms with E-state index in [1.807, 2.05) is 25.3 Å². The van der Waals surface area contributed by atoms with E-state index >= 15 is 0 Å². The van der Waals surface area contributed by atoms with Gasteiger partial charge >= 0.3 is 0 Å². The topological polar surface area (TPSA) is 95.2 Å². The van der Waals surface area contributed by atoms with Gasteiger partial charge in [0, 0.05) is 28.8 Å². The van der Waals surface area contributed by atoms with Crippen LogP contribution in [0.5, 0.6) is 0 Å². The zero-order chi connectivity index (χ0) is 21.7. The normalized spacial score (nSPS) is 15.1. The summed E-state index contributed by atoms with van der Waals surface area (Å²) >= 11 is 0. The fraction of sp³-hybridized carbons (Fsp3) is 0.250. The number of imidazole rings is 1. The summed E-state index contributed by atoms with van der Waals surface area (Å²) in [4.78, 5) is 17.2. The molecule has 0 amide bonds. The monoisotopic (exact) mass is 427 g/mol. The number of H-pyrrole nitrogens is 2. The van der Waals surface area contributed by atoms with Crippen LogP contribution in [-0.2, 0) is 0 Å². The van der Waals surface area contributed by atoms with Gasteiger partial charge in [0.05, 0.1) is 17.2 Å². The van der Waals surface area contributed by atoms with E-state index in [2.05, 4.69) is 36.5 Å². The number of aromatic nitrogens is 6. The molecule has 1 aliphatic rings. The number of halogens is 1. The second-order valence-electron chi connectivity index (χ2n) is 8.41. The average Bonchev–Trinajstić information content (AvgIpc) is 3.42. The van der Waals surface area contributed by atoms with Crippen molar-refractivity contribution in [1.82, 2.24) is 35.5 Å². The first-order valence-corrected chi connectivity index (χ1v) is 10.8. The van der Waals surface area contributed by atoms with Crippen LogP contribution in [0.4, 0.5) is 4.39 Å². The van der Waals surface area contributed by atoms with Crippen molar-refractivity contribution in [1.29, 1.82) is 0 Å². The summed E-state index contributed by atoms with van der Waals surface area (Å²) < 4.78 is 14.0. The smallest absolute Gasteiger partial charge is 0.178 e. The molecule has 0 saturated carbocycles. The molecule has 0 bridgehead atoms. The van der Waals surface area contributed by atoms with Crippen molar-refractivity contribution in [3.05, 3.63) is 59.8 Å². The van der Waals surface area contributed by atoms with Gasteiger partial charge in [0.1, 0.15) is 11.5 Å². The zero-order valence-electron chi connectivity index (χ0n) is 17.6. The Morgan fingerprint density at radius 1 is 1.06 bits per heavy atom. The Hall–Kier alpha value is -3.65. The van der Waals surface area contributed by atoms with Crippen molar-refractivity contribution in [2.45, 2.75) is 25.7 Å². The Labute approximate surface area is 183 Å². The number of hydrogen-bond acceptors (Lipinski definition) is 5. The zero-order valence-corrected chi connectivity index (χ0v) is 17.6. The van der Waals surface area contributed by atoms with Crippen LogP contribution in [0.15, 0.2) is 42.7 Å². The van der Waals surface area contributed by atoms with Gasteiger partial charge in [-0.15, -0.1) is 0 Å². The van der Waals surface area contributed by atoms with Crippen LogP contribution in [0.1, 0.15) is 30.0 Å². The summed E-state index contributed by atoms with van der Waals surface area (Å²) in [5, 5.41) is 12.0. The summed E-state index contributed by atoms with van der Waals surface area (Å²) in [6, 6.07) is 9.01. The molecule has 6 rings (SSSR count). The predicted molar refractivity (Wildman–Crippen MR) is 122 cm³/mol. The molecule has 5 aromatic rings. The van der Waals surface area contributed by atoms with Gasteiger partial charge < -0.3 is 10.3 Å². The third-order valence-corrected chi connectivity index (χ3v) is 6.20. The van der Waals surface area contributed by atoms with Crippen LogP contribution in [0.2, 0.25) is 0 Å². The third-order valence-electron chi connectivity index (χ3n) is 6.20. The van der Waals surface area contributed by atoms with E-state index in [4.69, 9.17) is 4.98 Å². The fourth-order valence-corrected chi connectivity index (χ4v) is 4.61. The Bertz CT molecular complexity index is 1430. The summed E-state index contributed by atoms with van der Waals surface area (Å²) in [5.41, 5.74) is 6.53. The largest absolute Gasteiger partial charge is 0.335 e. The Morgan fingerprint density at radius 2 is 1.94 bits per heavy atom. The second-order valence-corrected chi connectivity index (χ2v) is 8.41. The van der Waals surface area contributed by atoms with Crippen molar-refractivity contribution >= 4 is 22.1 Å². The molecule has 32 heavy (non-hydrogen) atoms. The minimum atomic E-state index is -0.263. The van der Waals surface area contributed by atoms with Gasteiger partial charge in [0.15, 0.2) is 11.5 Å². The van der Waals surface area contributed by atoms with Crippen LogP contribution < -0.4 is 5.32 Å². The molecule has 0 aliphatic carbocycles. The lowest BCUT2D eigenvalue weighted by Crippen LogP contribution is -2.27. The van der Waals surface area contributed by atoms with Crippen LogP contribution in [-0.4, -0.2) is 43.2 Å². The molecular weight excluding hydrogens is 405 g/mol. The van der Waals surface area contributed by atoms with Crippen molar-refractivity contribution in [3.63, 3.8) is 0 Å². The highest BCUT2D eigenvalue weighted by atomic mass is 19.1. The van der Waals surface area contributed by atoms with Crippen molar-refractivity contribution in [2.24, 2.45) is 0 Å². The predicted octanol–water partition coefficient (Wildman–Crippen LogP) is 4.48. The van der Waals surface area contributed by atoms with Gasteiger partial charge in [-0.25, -0.2) is 14.4 Å². The maximum absolute atomic E-state index is 14.0. The summed E-state index contributed by atoms with van der Waals surface area (Å²) in [6.45, 7) is 3.91. The standard InChI is InChI=1S/C24H22FN7/c1-13-8-15(10-16(25)9-13)17-4-7-27-23-21(17)29-24(30-23)22-18-11-19(14-2-5-26-6-3-14)28-12-20(18)31-32-22/h4,7-12,14,26H,2-3,5-6H2,1H3,(H,31,32)(H,27,29,30). The molecule has 1 aliphatic heterocycles. The second kappa shape index (κ2) is 7.49. The third kappa shape index (κ3) is 3.23. The number of benzene rings is 1. The maximum Gasteiger partial charge on any atom is 0.178 e.